The Morgan fingerprint density at radius 3 is 2.65 bits per heavy atom. The number of hydrogen-bond acceptors (Lipinski definition) is 2. The van der Waals surface area contributed by atoms with E-state index in [4.69, 9.17) is 4.74 Å². The molecule has 1 heterocycles. The van der Waals surface area contributed by atoms with Gasteiger partial charge in [0.25, 0.3) is 0 Å². The zero-order valence-corrected chi connectivity index (χ0v) is 11.2. The normalized spacial score (nSPS) is 16.5. The summed E-state index contributed by atoms with van der Waals surface area (Å²) < 4.78 is 5.92. The van der Waals surface area contributed by atoms with E-state index in [2.05, 4.69) is 15.9 Å². The maximum absolute atomic E-state index is 11.5. The number of benzene rings is 1. The lowest BCUT2D eigenvalue weighted by molar-refractivity contribution is -0.125. The van der Waals surface area contributed by atoms with Gasteiger partial charge in [0.1, 0.15) is 5.75 Å². The van der Waals surface area contributed by atoms with Crippen LogP contribution in [0.5, 0.6) is 5.75 Å². The Balaban J connectivity index is 2.14. The van der Waals surface area contributed by atoms with Crippen LogP contribution in [0.2, 0.25) is 0 Å². The van der Waals surface area contributed by atoms with Crippen LogP contribution in [0.1, 0.15) is 18.4 Å². The van der Waals surface area contributed by atoms with Crippen LogP contribution in [0.4, 0.5) is 0 Å². The molecule has 0 saturated carbocycles. The molecule has 4 heteroatoms. The van der Waals surface area contributed by atoms with Gasteiger partial charge in [0.05, 0.1) is 11.7 Å². The fourth-order valence-corrected chi connectivity index (χ4v) is 2.43. The van der Waals surface area contributed by atoms with E-state index in [0.717, 1.165) is 28.9 Å². The van der Waals surface area contributed by atoms with Crippen molar-refractivity contribution in [1.29, 1.82) is 0 Å². The van der Waals surface area contributed by atoms with Gasteiger partial charge < -0.3 is 9.64 Å². The van der Waals surface area contributed by atoms with E-state index in [1.54, 1.807) is 12.0 Å². The average Bonchev–Trinajstić information content (AvgIpc) is 2.76. The van der Waals surface area contributed by atoms with Crippen molar-refractivity contribution in [3.8, 4) is 5.75 Å². The second kappa shape index (κ2) is 5.36. The van der Waals surface area contributed by atoms with E-state index < -0.39 is 0 Å². The van der Waals surface area contributed by atoms with Crippen LogP contribution >= 0.6 is 15.9 Å². The number of amides is 1. The molecule has 1 fully saturated rings. The lowest BCUT2D eigenvalue weighted by atomic mass is 10.2. The molecular weight excluding hydrogens is 282 g/mol. The minimum Gasteiger partial charge on any atom is -0.497 e. The fourth-order valence-electron chi connectivity index (χ4n) is 1.79. The molecule has 0 unspecified atom stereocenters. The maximum atomic E-state index is 11.5. The molecule has 1 aliphatic rings. The van der Waals surface area contributed by atoms with Gasteiger partial charge in [-0.1, -0.05) is 12.1 Å². The third kappa shape index (κ3) is 2.88. The molecule has 1 aliphatic heterocycles. The lowest BCUT2D eigenvalue weighted by Crippen LogP contribution is -2.20. The molecule has 0 atom stereocenters. The van der Waals surface area contributed by atoms with Crippen LogP contribution in [-0.2, 0) is 4.79 Å². The Labute approximate surface area is 109 Å². The highest BCUT2D eigenvalue weighted by molar-refractivity contribution is 9.11. The maximum Gasteiger partial charge on any atom is 0.227 e. The summed E-state index contributed by atoms with van der Waals surface area (Å²) >= 11 is 3.45. The number of ether oxygens (including phenoxy) is 1. The first-order valence-electron chi connectivity index (χ1n) is 5.52. The molecule has 0 bridgehead atoms. The highest BCUT2D eigenvalue weighted by Crippen LogP contribution is 2.23. The van der Waals surface area contributed by atoms with Crippen molar-refractivity contribution < 1.29 is 9.53 Å². The summed E-state index contributed by atoms with van der Waals surface area (Å²) in [6.07, 6.45) is 3.53. The quantitative estimate of drug-likeness (QED) is 0.802. The van der Waals surface area contributed by atoms with Crippen molar-refractivity contribution in [1.82, 2.24) is 4.90 Å². The standard InChI is InChI=1S/C13H14BrNO2/c1-17-11-6-4-10(5-7-11)9-12(14)15-8-2-3-13(15)16/h4-7,9H,2-3,8H2,1H3/b12-9+. The van der Waals surface area contributed by atoms with Crippen molar-refractivity contribution in [3.05, 3.63) is 34.4 Å². The van der Waals surface area contributed by atoms with Gasteiger partial charge in [0.2, 0.25) is 5.91 Å². The Hall–Kier alpha value is -1.29. The first-order valence-corrected chi connectivity index (χ1v) is 6.31. The number of carbonyl (C=O) groups excluding carboxylic acids is 1. The van der Waals surface area contributed by atoms with Gasteiger partial charge in [-0.3, -0.25) is 4.79 Å². The van der Waals surface area contributed by atoms with Crippen LogP contribution in [-0.4, -0.2) is 24.5 Å². The third-order valence-electron chi connectivity index (χ3n) is 2.73. The minimum absolute atomic E-state index is 0.182. The Kier molecular flexibility index (Phi) is 3.84. The topological polar surface area (TPSA) is 29.5 Å². The molecular formula is C13H14BrNO2. The van der Waals surface area contributed by atoms with Gasteiger partial charge in [-0.25, -0.2) is 0 Å². The summed E-state index contributed by atoms with van der Waals surface area (Å²) in [5, 5.41) is 0. The van der Waals surface area contributed by atoms with E-state index in [0.29, 0.717) is 6.42 Å². The molecule has 1 saturated heterocycles. The second-order valence-corrected chi connectivity index (χ2v) is 4.70. The second-order valence-electron chi connectivity index (χ2n) is 3.89. The molecule has 0 radical (unpaired) electrons. The fraction of sp³-hybridized carbons (Fsp3) is 0.308. The van der Waals surface area contributed by atoms with Gasteiger partial charge in [-0.2, -0.15) is 0 Å². The largest absolute Gasteiger partial charge is 0.497 e. The number of rotatable bonds is 3. The summed E-state index contributed by atoms with van der Waals surface area (Å²) in [6, 6.07) is 7.72. The van der Waals surface area contributed by atoms with Crippen molar-refractivity contribution in [2.75, 3.05) is 13.7 Å². The Bertz CT molecular complexity index is 439. The number of carbonyl (C=O) groups is 1. The van der Waals surface area contributed by atoms with E-state index in [1.165, 1.54) is 0 Å². The monoisotopic (exact) mass is 295 g/mol. The molecule has 3 nitrogen and oxygen atoms in total. The molecule has 0 N–H and O–H groups in total. The molecule has 0 aromatic heterocycles. The average molecular weight is 296 g/mol. The van der Waals surface area contributed by atoms with Crippen molar-refractivity contribution in [3.63, 3.8) is 0 Å². The number of hydrogen-bond donors (Lipinski definition) is 0. The molecule has 2 rings (SSSR count). The SMILES string of the molecule is COc1ccc(/C=C(\Br)N2CCCC2=O)cc1. The molecule has 90 valence electrons. The van der Waals surface area contributed by atoms with Crippen LogP contribution in [0, 0.1) is 0 Å². The minimum atomic E-state index is 0.182. The molecule has 1 aromatic carbocycles. The molecule has 1 aromatic rings. The Morgan fingerprint density at radius 2 is 2.12 bits per heavy atom. The summed E-state index contributed by atoms with van der Waals surface area (Å²) in [6.45, 7) is 0.798. The van der Waals surface area contributed by atoms with Gasteiger partial charge in [0.15, 0.2) is 0 Å². The third-order valence-corrected chi connectivity index (χ3v) is 3.39. The van der Waals surface area contributed by atoms with Gasteiger partial charge in [-0.05, 0) is 46.1 Å². The number of methoxy groups -OCH3 is 1. The first-order chi connectivity index (χ1) is 8.20. The Morgan fingerprint density at radius 1 is 1.41 bits per heavy atom. The predicted octanol–water partition coefficient (Wildman–Crippen LogP) is 3.01. The zero-order valence-electron chi connectivity index (χ0n) is 9.65. The van der Waals surface area contributed by atoms with Gasteiger partial charge in [0, 0.05) is 13.0 Å². The van der Waals surface area contributed by atoms with Crippen molar-refractivity contribution >= 4 is 27.9 Å². The van der Waals surface area contributed by atoms with E-state index in [1.807, 2.05) is 30.3 Å². The number of halogens is 1. The molecule has 0 spiro atoms. The summed E-state index contributed by atoms with van der Waals surface area (Å²) in [5.41, 5.74) is 1.04. The summed E-state index contributed by atoms with van der Waals surface area (Å²) in [4.78, 5) is 13.3. The lowest BCUT2D eigenvalue weighted by Gasteiger charge is -2.14. The summed E-state index contributed by atoms with van der Waals surface area (Å²) in [5.74, 6) is 1.01. The van der Waals surface area contributed by atoms with Crippen LogP contribution < -0.4 is 4.74 Å². The molecule has 17 heavy (non-hydrogen) atoms. The zero-order chi connectivity index (χ0) is 12.3. The van der Waals surface area contributed by atoms with Crippen LogP contribution in [0.25, 0.3) is 6.08 Å². The highest BCUT2D eigenvalue weighted by atomic mass is 79.9. The van der Waals surface area contributed by atoms with E-state index >= 15 is 0 Å². The number of likely N-dealkylation sites (tertiary alicyclic amines) is 1. The smallest absolute Gasteiger partial charge is 0.227 e. The summed E-state index contributed by atoms with van der Waals surface area (Å²) in [7, 11) is 1.64. The van der Waals surface area contributed by atoms with Gasteiger partial charge >= 0.3 is 0 Å². The van der Waals surface area contributed by atoms with Crippen molar-refractivity contribution in [2.24, 2.45) is 0 Å². The highest BCUT2D eigenvalue weighted by Gasteiger charge is 2.21. The molecule has 1 amide bonds. The van der Waals surface area contributed by atoms with E-state index in [9.17, 15) is 4.79 Å². The van der Waals surface area contributed by atoms with Crippen LogP contribution in [0.3, 0.4) is 0 Å². The predicted molar refractivity (Wildman–Crippen MR) is 70.8 cm³/mol. The molecule has 0 aliphatic carbocycles. The number of nitrogens with zero attached hydrogens (tertiary/aromatic N) is 1. The van der Waals surface area contributed by atoms with Crippen LogP contribution in [0.15, 0.2) is 28.9 Å². The van der Waals surface area contributed by atoms with Crippen molar-refractivity contribution in [2.45, 2.75) is 12.8 Å². The first kappa shape index (κ1) is 12.2. The van der Waals surface area contributed by atoms with Gasteiger partial charge in [-0.15, -0.1) is 0 Å². The van der Waals surface area contributed by atoms with E-state index in [-0.39, 0.29) is 5.91 Å².